The summed E-state index contributed by atoms with van der Waals surface area (Å²) in [4.78, 5) is 11.0. The predicted octanol–water partition coefficient (Wildman–Crippen LogP) is -0.241. The second kappa shape index (κ2) is 4.53. The van der Waals surface area contributed by atoms with E-state index in [4.69, 9.17) is 5.11 Å². The van der Waals surface area contributed by atoms with Crippen LogP contribution < -0.4 is 5.11 Å². The molecule has 0 radical (unpaired) electrons. The lowest BCUT2D eigenvalue weighted by molar-refractivity contribution is -0.889. The van der Waals surface area contributed by atoms with Crippen LogP contribution in [-0.4, -0.2) is 42.7 Å². The lowest BCUT2D eigenvalue weighted by atomic mass is 10.0. The second-order valence-electron chi connectivity index (χ2n) is 4.82. The Bertz CT molecular complexity index is 365. The molecule has 0 aromatic heterocycles. The molecule has 0 aliphatic carbocycles. The highest BCUT2D eigenvalue weighted by Crippen LogP contribution is 2.14. The average molecular weight is 223 g/mol. The molecule has 1 aromatic rings. The molecule has 1 rings (SSSR count). The second-order valence-corrected chi connectivity index (χ2v) is 4.82. The van der Waals surface area contributed by atoms with Crippen LogP contribution in [0.4, 0.5) is 0 Å². The van der Waals surface area contributed by atoms with Crippen molar-refractivity contribution in [1.82, 2.24) is 0 Å². The molecular weight excluding hydrogens is 206 g/mol. The molecule has 1 N–H and O–H groups in total. The molecule has 1 unspecified atom stereocenters. The van der Waals surface area contributed by atoms with Gasteiger partial charge in [-0.05, 0) is 17.7 Å². The summed E-state index contributed by atoms with van der Waals surface area (Å²) in [5.74, 6) is -0.875. The summed E-state index contributed by atoms with van der Waals surface area (Å²) >= 11 is 0. The van der Waals surface area contributed by atoms with Crippen molar-refractivity contribution in [3.8, 4) is 5.75 Å². The van der Waals surface area contributed by atoms with Gasteiger partial charge in [0.15, 0.2) is 0 Å². The molecular formula is C12H17NO3. The van der Waals surface area contributed by atoms with Crippen molar-refractivity contribution < 1.29 is 19.5 Å². The number of carbonyl (C=O) groups is 1. The van der Waals surface area contributed by atoms with Crippen LogP contribution in [0.2, 0.25) is 0 Å². The average Bonchev–Trinajstić information content (AvgIpc) is 2.14. The van der Waals surface area contributed by atoms with E-state index in [1.54, 1.807) is 24.3 Å². The fraction of sp³-hybridized carbons (Fsp3) is 0.417. The van der Waals surface area contributed by atoms with E-state index in [0.29, 0.717) is 10.9 Å². The van der Waals surface area contributed by atoms with Crippen molar-refractivity contribution in [2.24, 2.45) is 0 Å². The minimum absolute atomic E-state index is 0.180. The summed E-state index contributed by atoms with van der Waals surface area (Å²) in [6.45, 7) is 0. The fourth-order valence-corrected chi connectivity index (χ4v) is 1.53. The maximum Gasteiger partial charge on any atom is 0.133 e. The number of hydrogen-bond acceptors (Lipinski definition) is 3. The molecule has 0 saturated carbocycles. The Morgan fingerprint density at radius 2 is 1.81 bits per heavy atom. The first-order chi connectivity index (χ1) is 7.30. The first-order valence-electron chi connectivity index (χ1n) is 5.10. The van der Waals surface area contributed by atoms with Gasteiger partial charge in [0.05, 0.1) is 27.1 Å². The van der Waals surface area contributed by atoms with Gasteiger partial charge in [-0.3, -0.25) is 0 Å². The normalized spacial score (nSPS) is 13.4. The number of carboxylic acids is 1. The molecule has 0 heterocycles. The lowest BCUT2D eigenvalue weighted by Crippen LogP contribution is -2.55. The predicted molar refractivity (Wildman–Crippen MR) is 58.6 cm³/mol. The molecule has 0 aliphatic rings. The number of rotatable bonds is 4. The molecule has 0 aliphatic heterocycles. The number of aromatic hydroxyl groups is 1. The van der Waals surface area contributed by atoms with E-state index in [1.165, 1.54) is 0 Å². The van der Waals surface area contributed by atoms with Gasteiger partial charge in [0.2, 0.25) is 0 Å². The Kier molecular flexibility index (Phi) is 3.55. The molecule has 0 fully saturated rings. The third-order valence-electron chi connectivity index (χ3n) is 2.57. The van der Waals surface area contributed by atoms with E-state index in [0.717, 1.165) is 5.56 Å². The highest BCUT2D eigenvalue weighted by Gasteiger charge is 2.25. The summed E-state index contributed by atoms with van der Waals surface area (Å²) in [6.07, 6.45) is 0.395. The van der Waals surface area contributed by atoms with Crippen LogP contribution in [0.1, 0.15) is 5.56 Å². The number of carboxylic acid groups (broad SMARTS) is 1. The summed E-state index contributed by atoms with van der Waals surface area (Å²) in [6, 6.07) is 5.96. The summed E-state index contributed by atoms with van der Waals surface area (Å²) in [7, 11) is 5.46. The molecule has 1 aromatic carbocycles. The van der Waals surface area contributed by atoms with Crippen molar-refractivity contribution in [3.05, 3.63) is 29.8 Å². The van der Waals surface area contributed by atoms with Crippen molar-refractivity contribution in [2.45, 2.75) is 12.5 Å². The summed E-state index contributed by atoms with van der Waals surface area (Å²) < 4.78 is 0.309. The van der Waals surface area contributed by atoms with Crippen LogP contribution in [0, 0.1) is 0 Å². The number of likely N-dealkylation sites (N-methyl/N-ethyl adjacent to an activating group) is 1. The van der Waals surface area contributed by atoms with Crippen molar-refractivity contribution in [3.63, 3.8) is 0 Å². The summed E-state index contributed by atoms with van der Waals surface area (Å²) in [5, 5.41) is 20.2. The fourth-order valence-electron chi connectivity index (χ4n) is 1.53. The van der Waals surface area contributed by atoms with E-state index in [2.05, 4.69) is 0 Å². The van der Waals surface area contributed by atoms with Gasteiger partial charge in [0, 0.05) is 6.42 Å². The monoisotopic (exact) mass is 223 g/mol. The van der Waals surface area contributed by atoms with E-state index < -0.39 is 12.0 Å². The first kappa shape index (κ1) is 12.5. The molecule has 1 atom stereocenters. The van der Waals surface area contributed by atoms with Crippen molar-refractivity contribution in [1.29, 1.82) is 0 Å². The van der Waals surface area contributed by atoms with Gasteiger partial charge in [-0.25, -0.2) is 0 Å². The van der Waals surface area contributed by atoms with E-state index in [1.807, 2.05) is 21.1 Å². The number of aliphatic carboxylic acids is 1. The Morgan fingerprint density at radius 1 is 1.31 bits per heavy atom. The Hall–Kier alpha value is -1.55. The molecule has 4 heteroatoms. The topological polar surface area (TPSA) is 60.4 Å². The zero-order valence-corrected chi connectivity index (χ0v) is 9.80. The van der Waals surface area contributed by atoms with Crippen LogP contribution in [0.15, 0.2) is 24.3 Å². The minimum Gasteiger partial charge on any atom is -0.544 e. The van der Waals surface area contributed by atoms with Crippen LogP contribution in [-0.2, 0) is 11.2 Å². The minimum atomic E-state index is -1.06. The highest BCUT2D eigenvalue weighted by molar-refractivity contribution is 5.70. The number of hydrogen-bond donors (Lipinski definition) is 1. The number of benzene rings is 1. The Labute approximate surface area is 95.3 Å². The number of quaternary nitrogens is 1. The van der Waals surface area contributed by atoms with Crippen LogP contribution in [0.3, 0.4) is 0 Å². The molecule has 0 amide bonds. The van der Waals surface area contributed by atoms with Gasteiger partial charge in [0.1, 0.15) is 11.8 Å². The Morgan fingerprint density at radius 3 is 2.19 bits per heavy atom. The number of phenols is 1. The standard InChI is InChI=1S/C12H17NO3/c1-13(2,3)11(12(15)16)8-9-4-6-10(14)7-5-9/h4-7,11H,8H2,1-3H3,(H-,14,15,16). The highest BCUT2D eigenvalue weighted by atomic mass is 16.4. The quantitative estimate of drug-likeness (QED) is 0.717. The largest absolute Gasteiger partial charge is 0.544 e. The Balaban J connectivity index is 2.84. The number of carbonyl (C=O) groups excluding carboxylic acids is 1. The van der Waals surface area contributed by atoms with E-state index in [9.17, 15) is 9.90 Å². The van der Waals surface area contributed by atoms with Crippen LogP contribution in [0.5, 0.6) is 5.75 Å². The van der Waals surface area contributed by atoms with Gasteiger partial charge in [-0.2, -0.15) is 0 Å². The zero-order chi connectivity index (χ0) is 12.3. The lowest BCUT2D eigenvalue weighted by Gasteiger charge is -2.34. The van der Waals surface area contributed by atoms with E-state index in [-0.39, 0.29) is 5.75 Å². The SMILES string of the molecule is C[N+](C)(C)C(Cc1ccc(O)cc1)C(=O)[O-]. The first-order valence-corrected chi connectivity index (χ1v) is 5.10. The molecule has 0 bridgehead atoms. The zero-order valence-electron chi connectivity index (χ0n) is 9.80. The summed E-state index contributed by atoms with van der Waals surface area (Å²) in [5.41, 5.74) is 0.875. The maximum absolute atomic E-state index is 11.0. The number of phenolic OH excluding ortho intramolecular Hbond substituents is 1. The van der Waals surface area contributed by atoms with Gasteiger partial charge >= 0.3 is 0 Å². The molecule has 4 nitrogen and oxygen atoms in total. The van der Waals surface area contributed by atoms with Crippen LogP contribution >= 0.6 is 0 Å². The van der Waals surface area contributed by atoms with Crippen molar-refractivity contribution in [2.75, 3.05) is 21.1 Å². The van der Waals surface area contributed by atoms with Gasteiger partial charge < -0.3 is 19.5 Å². The third-order valence-corrected chi connectivity index (χ3v) is 2.57. The van der Waals surface area contributed by atoms with Gasteiger partial charge in [-0.15, -0.1) is 0 Å². The smallest absolute Gasteiger partial charge is 0.133 e. The van der Waals surface area contributed by atoms with Gasteiger partial charge in [-0.1, -0.05) is 12.1 Å². The van der Waals surface area contributed by atoms with Crippen LogP contribution in [0.25, 0.3) is 0 Å². The third kappa shape index (κ3) is 3.24. The molecule has 0 saturated heterocycles. The maximum atomic E-state index is 11.0. The number of nitrogens with zero attached hydrogens (tertiary/aromatic N) is 1. The van der Waals surface area contributed by atoms with Crippen molar-refractivity contribution >= 4 is 5.97 Å². The van der Waals surface area contributed by atoms with Gasteiger partial charge in [0.25, 0.3) is 0 Å². The molecule has 0 spiro atoms. The molecule has 88 valence electrons. The molecule has 16 heavy (non-hydrogen) atoms. The van der Waals surface area contributed by atoms with E-state index >= 15 is 0 Å².